The number of likely N-dealkylation sites (tertiary alicyclic amines) is 1. The number of alkyl carbamates (subject to hydrolysis) is 1. The van der Waals surface area contributed by atoms with Gasteiger partial charge in [0.15, 0.2) is 6.61 Å². The molecule has 0 bridgehead atoms. The monoisotopic (exact) mass is 546 g/mol. The number of nitriles is 1. The Kier molecular flexibility index (Phi) is 10.3. The Bertz CT molecular complexity index is 1180. The van der Waals surface area contributed by atoms with E-state index in [0.29, 0.717) is 16.7 Å². The molecule has 9 nitrogen and oxygen atoms in total. The summed E-state index contributed by atoms with van der Waals surface area (Å²) in [4.78, 5) is 38.6. The summed E-state index contributed by atoms with van der Waals surface area (Å²) in [5, 5.41) is 11.1. The van der Waals surface area contributed by atoms with E-state index < -0.39 is 48.3 Å². The quantitative estimate of drug-likeness (QED) is 0.413. The van der Waals surface area contributed by atoms with Gasteiger partial charge in [-0.2, -0.15) is 5.26 Å². The molecule has 1 heterocycles. The van der Waals surface area contributed by atoms with Crippen LogP contribution in [0.15, 0.2) is 48.5 Å². The lowest BCUT2D eigenvalue weighted by atomic mass is 9.90. The standard InChI is InChI=1S/C27H29F3N4O5/c28-21-7-5-20(6-8-21)23(24(32)35)19-3-1-18(2-4-19)17-39-26(37)33-22(25(36)38-16-12-31)9-13-34-14-10-27(29,30)11-15-34/h1-8,22-23H,9-11,13-17H2,(H2,32,35)(H,33,37)/t22-,23?/m0/s1. The summed E-state index contributed by atoms with van der Waals surface area (Å²) in [5.41, 5.74) is 7.23. The van der Waals surface area contributed by atoms with Crippen LogP contribution < -0.4 is 11.1 Å². The predicted octanol–water partition coefficient (Wildman–Crippen LogP) is 3.23. The van der Waals surface area contributed by atoms with Gasteiger partial charge >= 0.3 is 12.1 Å². The van der Waals surface area contributed by atoms with E-state index in [-0.39, 0.29) is 45.5 Å². The molecule has 0 saturated carbocycles. The van der Waals surface area contributed by atoms with E-state index >= 15 is 0 Å². The van der Waals surface area contributed by atoms with Crippen molar-refractivity contribution in [2.75, 3.05) is 26.2 Å². The highest BCUT2D eigenvalue weighted by Crippen LogP contribution is 2.28. The first-order chi connectivity index (χ1) is 18.6. The van der Waals surface area contributed by atoms with Gasteiger partial charge in [-0.1, -0.05) is 36.4 Å². The van der Waals surface area contributed by atoms with Gasteiger partial charge in [-0.15, -0.1) is 0 Å². The molecule has 0 radical (unpaired) electrons. The molecule has 3 N–H and O–H groups in total. The molecule has 2 aromatic rings. The van der Waals surface area contributed by atoms with Gasteiger partial charge in [0.1, 0.15) is 24.5 Å². The zero-order valence-electron chi connectivity index (χ0n) is 21.1. The molecule has 12 heteroatoms. The Morgan fingerprint density at radius 3 is 2.18 bits per heavy atom. The molecule has 0 aliphatic carbocycles. The van der Waals surface area contributed by atoms with E-state index in [9.17, 15) is 27.6 Å². The fourth-order valence-corrected chi connectivity index (χ4v) is 4.18. The minimum atomic E-state index is -2.70. The minimum absolute atomic E-state index is 0.0809. The van der Waals surface area contributed by atoms with E-state index in [0.717, 1.165) is 0 Å². The average Bonchev–Trinajstić information content (AvgIpc) is 2.91. The Hall–Kier alpha value is -4.11. The van der Waals surface area contributed by atoms with Gasteiger partial charge in [0, 0.05) is 32.5 Å². The van der Waals surface area contributed by atoms with Crippen LogP contribution in [0.4, 0.5) is 18.0 Å². The summed E-state index contributed by atoms with van der Waals surface area (Å²) in [6.45, 7) is -0.0841. The number of carbonyl (C=O) groups excluding carboxylic acids is 3. The molecule has 1 aliphatic rings. The number of primary amides is 1. The number of benzene rings is 2. The maximum Gasteiger partial charge on any atom is 0.408 e. The van der Waals surface area contributed by atoms with Gasteiger partial charge < -0.3 is 25.4 Å². The van der Waals surface area contributed by atoms with Crippen molar-refractivity contribution in [3.63, 3.8) is 0 Å². The topological polar surface area (TPSA) is 135 Å². The van der Waals surface area contributed by atoms with E-state index in [1.54, 1.807) is 35.2 Å². The predicted molar refractivity (Wildman–Crippen MR) is 133 cm³/mol. The minimum Gasteiger partial charge on any atom is -0.449 e. The van der Waals surface area contributed by atoms with Crippen molar-refractivity contribution in [1.29, 1.82) is 5.26 Å². The number of hydrogen-bond donors (Lipinski definition) is 2. The van der Waals surface area contributed by atoms with Crippen molar-refractivity contribution in [2.24, 2.45) is 5.73 Å². The number of alkyl halides is 2. The molecule has 0 aromatic heterocycles. The third-order valence-corrected chi connectivity index (χ3v) is 6.35. The van der Waals surface area contributed by atoms with Crippen molar-refractivity contribution in [3.8, 4) is 6.07 Å². The van der Waals surface area contributed by atoms with Crippen LogP contribution in [0, 0.1) is 17.1 Å². The van der Waals surface area contributed by atoms with Gasteiger partial charge in [-0.25, -0.2) is 22.8 Å². The summed E-state index contributed by atoms with van der Waals surface area (Å²) in [7, 11) is 0. The first-order valence-corrected chi connectivity index (χ1v) is 12.3. The smallest absolute Gasteiger partial charge is 0.408 e. The molecule has 3 rings (SSSR count). The number of nitrogens with zero attached hydrogens (tertiary/aromatic N) is 2. The van der Waals surface area contributed by atoms with Crippen LogP contribution in [0.1, 0.15) is 41.9 Å². The van der Waals surface area contributed by atoms with Gasteiger partial charge in [-0.05, 0) is 35.2 Å². The number of carbonyl (C=O) groups is 3. The maximum atomic E-state index is 13.4. The lowest BCUT2D eigenvalue weighted by molar-refractivity contribution is -0.145. The molecule has 1 saturated heterocycles. The van der Waals surface area contributed by atoms with Crippen LogP contribution in [-0.2, 0) is 25.7 Å². The first-order valence-electron chi connectivity index (χ1n) is 12.3. The van der Waals surface area contributed by atoms with Crippen LogP contribution >= 0.6 is 0 Å². The SMILES string of the molecule is N#CCOC(=O)[C@H](CCN1CCC(F)(F)CC1)NC(=O)OCc1ccc(C(C(N)=O)c2ccc(F)cc2)cc1. The van der Waals surface area contributed by atoms with Crippen LogP contribution in [0.3, 0.4) is 0 Å². The molecular formula is C27H29F3N4O5. The summed E-state index contributed by atoms with van der Waals surface area (Å²) in [6, 6.07) is 12.5. The second-order valence-electron chi connectivity index (χ2n) is 9.15. The molecular weight excluding hydrogens is 517 g/mol. The molecule has 1 fully saturated rings. The maximum absolute atomic E-state index is 13.4. The van der Waals surface area contributed by atoms with Crippen molar-refractivity contribution in [2.45, 2.75) is 43.8 Å². The largest absolute Gasteiger partial charge is 0.449 e. The van der Waals surface area contributed by atoms with E-state index in [4.69, 9.17) is 20.5 Å². The van der Waals surface area contributed by atoms with E-state index in [1.807, 2.05) is 0 Å². The summed E-state index contributed by atoms with van der Waals surface area (Å²) >= 11 is 0. The summed E-state index contributed by atoms with van der Waals surface area (Å²) in [5.74, 6) is -5.39. The summed E-state index contributed by atoms with van der Waals surface area (Å²) in [6.07, 6.45) is -1.40. The van der Waals surface area contributed by atoms with E-state index in [1.165, 1.54) is 24.3 Å². The molecule has 39 heavy (non-hydrogen) atoms. The molecule has 1 unspecified atom stereocenters. The lowest BCUT2D eigenvalue weighted by Gasteiger charge is -2.32. The normalized spacial score (nSPS) is 16.4. The number of ether oxygens (including phenoxy) is 2. The number of nitrogens with two attached hydrogens (primary N) is 1. The van der Waals surface area contributed by atoms with Crippen LogP contribution in [0.2, 0.25) is 0 Å². The Morgan fingerprint density at radius 2 is 1.62 bits per heavy atom. The van der Waals surface area contributed by atoms with Gasteiger partial charge in [0.2, 0.25) is 5.91 Å². The highest BCUT2D eigenvalue weighted by Gasteiger charge is 2.34. The molecule has 2 amide bonds. The second kappa shape index (κ2) is 13.6. The average molecular weight is 547 g/mol. The van der Waals surface area contributed by atoms with E-state index in [2.05, 4.69) is 5.32 Å². The Morgan fingerprint density at radius 1 is 1.03 bits per heavy atom. The zero-order valence-corrected chi connectivity index (χ0v) is 21.1. The van der Waals surface area contributed by atoms with Crippen molar-refractivity contribution in [3.05, 3.63) is 71.0 Å². The van der Waals surface area contributed by atoms with Gasteiger partial charge in [0.05, 0.1) is 5.92 Å². The third-order valence-electron chi connectivity index (χ3n) is 6.35. The second-order valence-corrected chi connectivity index (χ2v) is 9.15. The Balaban J connectivity index is 1.56. The number of hydrogen-bond acceptors (Lipinski definition) is 7. The fraction of sp³-hybridized carbons (Fsp3) is 0.407. The van der Waals surface area contributed by atoms with Gasteiger partial charge in [-0.3, -0.25) is 4.79 Å². The fourth-order valence-electron chi connectivity index (χ4n) is 4.18. The molecule has 0 spiro atoms. The van der Waals surface area contributed by atoms with Crippen LogP contribution in [-0.4, -0.2) is 61.1 Å². The molecule has 2 atom stereocenters. The zero-order chi connectivity index (χ0) is 28.4. The summed E-state index contributed by atoms with van der Waals surface area (Å²) < 4.78 is 50.1. The van der Waals surface area contributed by atoms with Gasteiger partial charge in [0.25, 0.3) is 5.92 Å². The Labute approximate surface area is 223 Å². The molecule has 1 aliphatic heterocycles. The third kappa shape index (κ3) is 9.00. The number of halogens is 3. The first kappa shape index (κ1) is 29.4. The number of nitrogens with one attached hydrogen (secondary N) is 1. The number of amides is 2. The van der Waals surface area contributed by atoms with Crippen molar-refractivity contribution in [1.82, 2.24) is 10.2 Å². The number of esters is 1. The molecule has 208 valence electrons. The lowest BCUT2D eigenvalue weighted by Crippen LogP contribution is -2.46. The van der Waals surface area contributed by atoms with Crippen molar-refractivity contribution >= 4 is 18.0 Å². The van der Waals surface area contributed by atoms with Crippen LogP contribution in [0.25, 0.3) is 0 Å². The number of piperidine rings is 1. The van der Waals surface area contributed by atoms with Crippen LogP contribution in [0.5, 0.6) is 0 Å². The number of rotatable bonds is 11. The molecule has 2 aromatic carbocycles. The highest BCUT2D eigenvalue weighted by atomic mass is 19.3. The van der Waals surface area contributed by atoms with Crippen molar-refractivity contribution < 1.29 is 37.0 Å². The highest BCUT2D eigenvalue weighted by molar-refractivity contribution is 5.85.